The maximum Gasteiger partial charge on any atom is 0.245 e. The molecule has 2 amide bonds. The van der Waals surface area contributed by atoms with E-state index in [0.29, 0.717) is 25.3 Å². The first-order valence-corrected chi connectivity index (χ1v) is 9.05. The number of likely N-dealkylation sites (N-methyl/N-ethyl adjacent to an activating group) is 1. The van der Waals surface area contributed by atoms with Gasteiger partial charge < -0.3 is 9.80 Å². The van der Waals surface area contributed by atoms with Crippen LogP contribution in [0.25, 0.3) is 0 Å². The summed E-state index contributed by atoms with van der Waals surface area (Å²) in [4.78, 5) is 29.3. The molecule has 24 heavy (non-hydrogen) atoms. The van der Waals surface area contributed by atoms with Gasteiger partial charge in [0.2, 0.25) is 11.8 Å². The second-order valence-electron chi connectivity index (χ2n) is 7.22. The van der Waals surface area contributed by atoms with Crippen LogP contribution in [0.1, 0.15) is 51.2 Å². The first-order chi connectivity index (χ1) is 11.4. The van der Waals surface area contributed by atoms with Gasteiger partial charge in [-0.3, -0.25) is 9.59 Å². The molecule has 1 aliphatic rings. The lowest BCUT2D eigenvalue weighted by atomic mass is 9.92. The summed E-state index contributed by atoms with van der Waals surface area (Å²) in [7, 11) is 1.85. The summed E-state index contributed by atoms with van der Waals surface area (Å²) in [6.45, 7) is 7.49. The Morgan fingerprint density at radius 3 is 2.54 bits per heavy atom. The van der Waals surface area contributed by atoms with Gasteiger partial charge in [0.1, 0.15) is 6.04 Å². The van der Waals surface area contributed by atoms with Crippen molar-refractivity contribution in [3.05, 3.63) is 35.4 Å². The maximum atomic E-state index is 12.9. The molecule has 1 unspecified atom stereocenters. The van der Waals surface area contributed by atoms with E-state index in [9.17, 15) is 9.59 Å². The number of carbonyl (C=O) groups excluding carboxylic acids is 2. The highest BCUT2D eigenvalue weighted by atomic mass is 16.2. The third-order valence-electron chi connectivity index (χ3n) is 4.66. The number of rotatable bonds is 6. The van der Waals surface area contributed by atoms with Gasteiger partial charge >= 0.3 is 0 Å². The van der Waals surface area contributed by atoms with E-state index in [0.717, 1.165) is 24.9 Å². The number of unbranched alkanes of at least 4 members (excludes halogenated alkanes) is 1. The summed E-state index contributed by atoms with van der Waals surface area (Å²) in [6.07, 6.45) is 3.16. The molecule has 0 spiro atoms. The molecule has 0 bridgehead atoms. The van der Waals surface area contributed by atoms with Gasteiger partial charge in [-0.15, -0.1) is 0 Å². The van der Waals surface area contributed by atoms with Crippen LogP contribution in [0.2, 0.25) is 0 Å². The molecule has 4 nitrogen and oxygen atoms in total. The van der Waals surface area contributed by atoms with Crippen molar-refractivity contribution in [2.24, 2.45) is 5.92 Å². The Morgan fingerprint density at radius 2 is 1.92 bits per heavy atom. The van der Waals surface area contributed by atoms with Crippen LogP contribution in [0, 0.1) is 5.92 Å². The van der Waals surface area contributed by atoms with Gasteiger partial charge in [-0.2, -0.15) is 0 Å². The molecular weight excluding hydrogens is 300 g/mol. The zero-order valence-electron chi connectivity index (χ0n) is 15.4. The van der Waals surface area contributed by atoms with E-state index in [1.165, 1.54) is 5.56 Å². The minimum absolute atomic E-state index is 0.0649. The smallest absolute Gasteiger partial charge is 0.245 e. The van der Waals surface area contributed by atoms with Gasteiger partial charge in [0, 0.05) is 33.0 Å². The molecule has 2 rings (SSSR count). The van der Waals surface area contributed by atoms with E-state index in [1.54, 1.807) is 9.80 Å². The topological polar surface area (TPSA) is 40.6 Å². The lowest BCUT2D eigenvalue weighted by molar-refractivity contribution is -0.146. The van der Waals surface area contributed by atoms with Crippen LogP contribution in [0.3, 0.4) is 0 Å². The Morgan fingerprint density at radius 1 is 1.25 bits per heavy atom. The molecule has 1 heterocycles. The highest BCUT2D eigenvalue weighted by molar-refractivity contribution is 5.88. The first kappa shape index (κ1) is 18.5. The fourth-order valence-electron chi connectivity index (χ4n) is 3.23. The van der Waals surface area contributed by atoms with Crippen molar-refractivity contribution in [2.45, 2.75) is 59.0 Å². The Balaban J connectivity index is 2.23. The Hall–Kier alpha value is -1.84. The predicted molar refractivity (Wildman–Crippen MR) is 96.5 cm³/mol. The molecule has 0 saturated carbocycles. The second-order valence-corrected chi connectivity index (χ2v) is 7.22. The van der Waals surface area contributed by atoms with Crippen LogP contribution >= 0.6 is 0 Å². The monoisotopic (exact) mass is 330 g/mol. The standard InChI is InChI=1S/C20H30N2O2/c1-5-6-11-21(4)20(24)18-13-16-9-7-8-10-17(16)14-22(18)19(23)12-15(2)3/h7-10,15,18H,5-6,11-14H2,1-4H3. The van der Waals surface area contributed by atoms with Gasteiger partial charge in [-0.25, -0.2) is 0 Å². The molecule has 0 aliphatic carbocycles. The number of hydrogen-bond donors (Lipinski definition) is 0. The highest BCUT2D eigenvalue weighted by Gasteiger charge is 2.35. The Labute approximate surface area is 145 Å². The molecule has 0 fully saturated rings. The minimum Gasteiger partial charge on any atom is -0.344 e. The summed E-state index contributed by atoms with van der Waals surface area (Å²) >= 11 is 0. The quantitative estimate of drug-likeness (QED) is 0.803. The molecule has 132 valence electrons. The van der Waals surface area contributed by atoms with Crippen molar-refractivity contribution in [2.75, 3.05) is 13.6 Å². The number of hydrogen-bond acceptors (Lipinski definition) is 2. The third kappa shape index (κ3) is 4.37. The van der Waals surface area contributed by atoms with Crippen LogP contribution in [0.4, 0.5) is 0 Å². The normalized spacial score (nSPS) is 16.9. The molecule has 0 saturated heterocycles. The van der Waals surface area contributed by atoms with E-state index in [1.807, 2.05) is 33.0 Å². The van der Waals surface area contributed by atoms with E-state index in [2.05, 4.69) is 19.1 Å². The molecule has 1 aromatic rings. The fraction of sp³-hybridized carbons (Fsp3) is 0.600. The van der Waals surface area contributed by atoms with E-state index < -0.39 is 0 Å². The number of nitrogens with zero attached hydrogens (tertiary/aromatic N) is 2. The number of amides is 2. The van der Waals surface area contributed by atoms with E-state index in [4.69, 9.17) is 0 Å². The van der Waals surface area contributed by atoms with Gasteiger partial charge in [-0.1, -0.05) is 51.5 Å². The largest absolute Gasteiger partial charge is 0.344 e. The summed E-state index contributed by atoms with van der Waals surface area (Å²) < 4.78 is 0. The minimum atomic E-state index is -0.368. The Kier molecular flexibility index (Phi) is 6.41. The highest BCUT2D eigenvalue weighted by Crippen LogP contribution is 2.25. The molecule has 0 radical (unpaired) electrons. The summed E-state index contributed by atoms with van der Waals surface area (Å²) in [5.74, 6) is 0.444. The van der Waals surface area contributed by atoms with Gasteiger partial charge in [-0.05, 0) is 23.5 Å². The van der Waals surface area contributed by atoms with Crippen molar-refractivity contribution < 1.29 is 9.59 Å². The number of carbonyl (C=O) groups is 2. The molecule has 1 aromatic carbocycles. The molecule has 0 aromatic heterocycles. The third-order valence-corrected chi connectivity index (χ3v) is 4.66. The number of fused-ring (bicyclic) bond motifs is 1. The van der Waals surface area contributed by atoms with Gasteiger partial charge in [0.05, 0.1) is 0 Å². The average molecular weight is 330 g/mol. The molecular formula is C20H30N2O2. The van der Waals surface area contributed by atoms with Crippen molar-refractivity contribution in [1.29, 1.82) is 0 Å². The number of benzene rings is 1. The van der Waals surface area contributed by atoms with Crippen LogP contribution < -0.4 is 0 Å². The van der Waals surface area contributed by atoms with Gasteiger partial charge in [0.15, 0.2) is 0 Å². The average Bonchev–Trinajstić information content (AvgIpc) is 2.57. The first-order valence-electron chi connectivity index (χ1n) is 9.05. The summed E-state index contributed by atoms with van der Waals surface area (Å²) in [6, 6.07) is 7.78. The Bertz CT molecular complexity index is 583. The molecule has 1 aliphatic heterocycles. The van der Waals surface area contributed by atoms with E-state index >= 15 is 0 Å². The summed E-state index contributed by atoms with van der Waals surface area (Å²) in [5.41, 5.74) is 2.35. The van der Waals surface area contributed by atoms with E-state index in [-0.39, 0.29) is 17.9 Å². The van der Waals surface area contributed by atoms with Crippen molar-refractivity contribution in [3.63, 3.8) is 0 Å². The van der Waals surface area contributed by atoms with Crippen LogP contribution in [-0.4, -0.2) is 41.2 Å². The van der Waals surface area contributed by atoms with Gasteiger partial charge in [0.25, 0.3) is 0 Å². The van der Waals surface area contributed by atoms with Crippen LogP contribution in [0.15, 0.2) is 24.3 Å². The maximum absolute atomic E-state index is 12.9. The predicted octanol–water partition coefficient (Wildman–Crippen LogP) is 3.24. The molecule has 0 N–H and O–H groups in total. The van der Waals surface area contributed by atoms with Crippen molar-refractivity contribution in [1.82, 2.24) is 9.80 Å². The second kappa shape index (κ2) is 8.32. The summed E-state index contributed by atoms with van der Waals surface area (Å²) in [5, 5.41) is 0. The fourth-order valence-corrected chi connectivity index (χ4v) is 3.23. The molecule has 1 atom stereocenters. The molecule has 4 heteroatoms. The SMILES string of the molecule is CCCCN(C)C(=O)C1Cc2ccccc2CN1C(=O)CC(C)C. The van der Waals surface area contributed by atoms with Crippen LogP contribution in [0.5, 0.6) is 0 Å². The zero-order chi connectivity index (χ0) is 17.7. The zero-order valence-corrected chi connectivity index (χ0v) is 15.4. The van der Waals surface area contributed by atoms with Crippen molar-refractivity contribution >= 4 is 11.8 Å². The lowest BCUT2D eigenvalue weighted by Gasteiger charge is -2.38. The van der Waals surface area contributed by atoms with Crippen LogP contribution in [-0.2, 0) is 22.6 Å². The van der Waals surface area contributed by atoms with Crippen molar-refractivity contribution in [3.8, 4) is 0 Å². The lowest BCUT2D eigenvalue weighted by Crippen LogP contribution is -2.53.